The Morgan fingerprint density at radius 2 is 1.90 bits per heavy atom. The van der Waals surface area contributed by atoms with Crippen LogP contribution in [-0.4, -0.2) is 35.5 Å². The minimum atomic E-state index is -0.979. The van der Waals surface area contributed by atoms with Gasteiger partial charge in [0.1, 0.15) is 5.75 Å². The molecule has 0 spiro atoms. The van der Waals surface area contributed by atoms with Crippen LogP contribution in [0.5, 0.6) is 5.75 Å². The maximum atomic E-state index is 11.8. The van der Waals surface area contributed by atoms with E-state index in [1.54, 1.807) is 6.92 Å². The second-order valence-electron chi connectivity index (χ2n) is 4.25. The summed E-state index contributed by atoms with van der Waals surface area (Å²) in [6.45, 7) is 1.37. The van der Waals surface area contributed by atoms with E-state index >= 15 is 0 Å². The largest absolute Gasteiger partial charge is 0.484 e. The molecule has 7 nitrogen and oxygen atoms in total. The highest BCUT2D eigenvalue weighted by molar-refractivity contribution is 5.94. The third kappa shape index (κ3) is 5.38. The van der Waals surface area contributed by atoms with Crippen molar-refractivity contribution in [3.05, 3.63) is 29.8 Å². The summed E-state index contributed by atoms with van der Waals surface area (Å²) >= 11 is 0. The molecule has 7 heteroatoms. The fourth-order valence-corrected chi connectivity index (χ4v) is 1.48. The third-order valence-corrected chi connectivity index (χ3v) is 2.36. The van der Waals surface area contributed by atoms with Crippen LogP contribution in [0.2, 0.25) is 0 Å². The van der Waals surface area contributed by atoms with Gasteiger partial charge in [-0.1, -0.05) is 0 Å². The van der Waals surface area contributed by atoms with Gasteiger partial charge in [-0.3, -0.25) is 14.4 Å². The summed E-state index contributed by atoms with van der Waals surface area (Å²) in [6, 6.07) is 5.61. The quantitative estimate of drug-likeness (QED) is 0.656. The first-order chi connectivity index (χ1) is 9.38. The normalized spacial score (nSPS) is 11.4. The standard InChI is InChI=1S/C13H16N2O5/c1-8(6-12(17)18)15-13(19)9-2-4-10(5-3-9)20-7-11(14)16/h2-5,8H,6-7H2,1H3,(H2,14,16)(H,15,19)(H,17,18). The van der Waals surface area contributed by atoms with Gasteiger partial charge in [-0.15, -0.1) is 0 Å². The van der Waals surface area contributed by atoms with Crippen molar-refractivity contribution in [3.8, 4) is 5.75 Å². The molecule has 0 aliphatic carbocycles. The Balaban J connectivity index is 2.57. The minimum Gasteiger partial charge on any atom is -0.484 e. The van der Waals surface area contributed by atoms with Crippen LogP contribution >= 0.6 is 0 Å². The van der Waals surface area contributed by atoms with Crippen molar-refractivity contribution in [2.75, 3.05) is 6.61 Å². The highest BCUT2D eigenvalue weighted by Gasteiger charge is 2.12. The van der Waals surface area contributed by atoms with Gasteiger partial charge in [0.2, 0.25) is 0 Å². The number of carbonyl (C=O) groups excluding carboxylic acids is 2. The van der Waals surface area contributed by atoms with E-state index in [1.165, 1.54) is 24.3 Å². The average Bonchev–Trinajstić information content (AvgIpc) is 2.35. The molecule has 1 aromatic carbocycles. The van der Waals surface area contributed by atoms with Crippen LogP contribution in [0.3, 0.4) is 0 Å². The van der Waals surface area contributed by atoms with Gasteiger partial charge >= 0.3 is 5.97 Å². The minimum absolute atomic E-state index is 0.147. The summed E-state index contributed by atoms with van der Waals surface area (Å²) < 4.78 is 5.05. The van der Waals surface area contributed by atoms with Crippen LogP contribution in [0.15, 0.2) is 24.3 Å². The van der Waals surface area contributed by atoms with Crippen molar-refractivity contribution in [1.82, 2.24) is 5.32 Å². The zero-order valence-electron chi connectivity index (χ0n) is 11.0. The molecule has 1 unspecified atom stereocenters. The van der Waals surface area contributed by atoms with Crippen LogP contribution in [0, 0.1) is 0 Å². The lowest BCUT2D eigenvalue weighted by molar-refractivity contribution is -0.137. The molecule has 0 saturated carbocycles. The Kier molecular flexibility index (Phi) is 5.52. The van der Waals surface area contributed by atoms with Crippen molar-refractivity contribution in [3.63, 3.8) is 0 Å². The molecule has 0 radical (unpaired) electrons. The van der Waals surface area contributed by atoms with E-state index in [0.717, 1.165) is 0 Å². The number of ether oxygens (including phenoxy) is 1. The number of hydrogen-bond acceptors (Lipinski definition) is 4. The predicted octanol–water partition coefficient (Wildman–Crippen LogP) is 0.144. The van der Waals surface area contributed by atoms with Gasteiger partial charge in [0.25, 0.3) is 11.8 Å². The van der Waals surface area contributed by atoms with Crippen LogP contribution in [-0.2, 0) is 9.59 Å². The van der Waals surface area contributed by atoms with E-state index < -0.39 is 17.9 Å². The van der Waals surface area contributed by atoms with E-state index in [4.69, 9.17) is 15.6 Å². The molecule has 108 valence electrons. The van der Waals surface area contributed by atoms with E-state index in [-0.39, 0.29) is 18.9 Å². The predicted molar refractivity (Wildman–Crippen MR) is 70.3 cm³/mol. The van der Waals surface area contributed by atoms with Gasteiger partial charge in [0, 0.05) is 11.6 Å². The summed E-state index contributed by atoms with van der Waals surface area (Å²) in [7, 11) is 0. The first kappa shape index (κ1) is 15.5. The number of benzene rings is 1. The Morgan fingerprint density at radius 3 is 2.40 bits per heavy atom. The maximum absolute atomic E-state index is 11.8. The van der Waals surface area contributed by atoms with Crippen LogP contribution in [0.4, 0.5) is 0 Å². The van der Waals surface area contributed by atoms with E-state index in [0.29, 0.717) is 11.3 Å². The lowest BCUT2D eigenvalue weighted by Crippen LogP contribution is -2.34. The summed E-state index contributed by atoms with van der Waals surface area (Å²) in [5, 5.41) is 11.2. The fraction of sp³-hybridized carbons (Fsp3) is 0.308. The summed E-state index contributed by atoms with van der Waals surface area (Å²) in [5.41, 5.74) is 5.31. The molecule has 1 aromatic rings. The number of amides is 2. The first-order valence-corrected chi connectivity index (χ1v) is 5.92. The fourth-order valence-electron chi connectivity index (χ4n) is 1.48. The second-order valence-corrected chi connectivity index (χ2v) is 4.25. The van der Waals surface area contributed by atoms with Gasteiger partial charge in [-0.05, 0) is 31.2 Å². The molecule has 1 rings (SSSR count). The lowest BCUT2D eigenvalue weighted by Gasteiger charge is -2.11. The van der Waals surface area contributed by atoms with Gasteiger partial charge in [-0.25, -0.2) is 0 Å². The molecule has 0 fully saturated rings. The van der Waals surface area contributed by atoms with Crippen molar-refractivity contribution in [1.29, 1.82) is 0 Å². The zero-order valence-corrected chi connectivity index (χ0v) is 11.0. The SMILES string of the molecule is CC(CC(=O)O)NC(=O)c1ccc(OCC(N)=O)cc1. The van der Waals surface area contributed by atoms with Crippen molar-refractivity contribution in [2.24, 2.45) is 5.73 Å². The molecule has 2 amide bonds. The molecule has 1 atom stereocenters. The average molecular weight is 280 g/mol. The maximum Gasteiger partial charge on any atom is 0.305 e. The second kappa shape index (κ2) is 7.13. The molecule has 0 aliphatic heterocycles. The number of nitrogens with two attached hydrogens (primary N) is 1. The van der Waals surface area contributed by atoms with Gasteiger partial charge in [-0.2, -0.15) is 0 Å². The van der Waals surface area contributed by atoms with Crippen molar-refractivity contribution >= 4 is 17.8 Å². The molecule has 0 aliphatic rings. The van der Waals surface area contributed by atoms with Gasteiger partial charge in [0.15, 0.2) is 6.61 Å². The van der Waals surface area contributed by atoms with E-state index in [1.807, 2.05) is 0 Å². The number of carboxylic acids is 1. The summed E-state index contributed by atoms with van der Waals surface area (Å²) in [6.07, 6.45) is -0.147. The topological polar surface area (TPSA) is 119 Å². The molecule has 0 aromatic heterocycles. The summed E-state index contributed by atoms with van der Waals surface area (Å²) in [5.74, 6) is -1.53. The first-order valence-electron chi connectivity index (χ1n) is 5.92. The molecule has 20 heavy (non-hydrogen) atoms. The third-order valence-electron chi connectivity index (χ3n) is 2.36. The number of rotatable bonds is 7. The van der Waals surface area contributed by atoms with Gasteiger partial charge in [0.05, 0.1) is 6.42 Å². The van der Waals surface area contributed by atoms with Crippen molar-refractivity contribution < 1.29 is 24.2 Å². The Hall–Kier alpha value is -2.57. The monoisotopic (exact) mass is 280 g/mol. The Bertz CT molecular complexity index is 498. The lowest BCUT2D eigenvalue weighted by atomic mass is 10.1. The van der Waals surface area contributed by atoms with E-state index in [9.17, 15) is 14.4 Å². The molecule has 0 heterocycles. The van der Waals surface area contributed by atoms with Crippen molar-refractivity contribution in [2.45, 2.75) is 19.4 Å². The number of aliphatic carboxylic acids is 1. The number of carbonyl (C=O) groups is 3. The number of primary amides is 1. The Labute approximate surface area is 115 Å². The molecule has 0 bridgehead atoms. The number of nitrogens with one attached hydrogen (secondary N) is 1. The van der Waals surface area contributed by atoms with Crippen LogP contribution in [0.25, 0.3) is 0 Å². The highest BCUT2D eigenvalue weighted by atomic mass is 16.5. The molecule has 4 N–H and O–H groups in total. The smallest absolute Gasteiger partial charge is 0.305 e. The number of hydrogen-bond donors (Lipinski definition) is 3. The molecular formula is C13H16N2O5. The van der Waals surface area contributed by atoms with Crippen LogP contribution in [0.1, 0.15) is 23.7 Å². The molecular weight excluding hydrogens is 264 g/mol. The van der Waals surface area contributed by atoms with Crippen LogP contribution < -0.4 is 15.8 Å². The highest BCUT2D eigenvalue weighted by Crippen LogP contribution is 2.12. The zero-order chi connectivity index (χ0) is 15.1. The summed E-state index contributed by atoms with van der Waals surface area (Å²) in [4.78, 5) is 32.8. The Morgan fingerprint density at radius 1 is 1.30 bits per heavy atom. The van der Waals surface area contributed by atoms with E-state index in [2.05, 4.69) is 5.32 Å². The molecule has 0 saturated heterocycles. The van der Waals surface area contributed by atoms with Gasteiger partial charge < -0.3 is 20.9 Å². The number of carboxylic acid groups (broad SMARTS) is 1.